The number of hydrogen-bond donors (Lipinski definition) is 4. The summed E-state index contributed by atoms with van der Waals surface area (Å²) in [6.07, 6.45) is -6.13. The number of pyridine rings is 1. The summed E-state index contributed by atoms with van der Waals surface area (Å²) in [6, 6.07) is 2.55. The Hall–Kier alpha value is 0.880. The zero-order valence-electron chi connectivity index (χ0n) is 28.7. The fourth-order valence-electron chi connectivity index (χ4n) is 5.27. The van der Waals surface area contributed by atoms with Crippen LogP contribution >= 0.6 is 23.5 Å². The standard InChI is InChI=1S/C23H27N6O18P3.4Na/c30-15-12(44-21(17(15)32)27-4-1-2-11(6-27)23(33)34)7-42-49(38,39)47-50(40,41)43-8-13-16(31)18(46-48(35,36)37)22(45-13)29-10-25-14-19-24-3-5-28(19)9-26-20(14)29;;;;/h1-6,9-10,12-13,15-18,21-22,30-32H,7-8H2,(H4-,33,34,35,36,37,38,39,40,41);;;;/q;4*+1/p-3/t12-,13-,15-,16-,17-,18-,21-,22-;;;;/m1..../s1. The van der Waals surface area contributed by atoms with E-state index in [1.807, 2.05) is 0 Å². The van der Waals surface area contributed by atoms with Gasteiger partial charge >= 0.3 is 124 Å². The van der Waals surface area contributed by atoms with Crippen molar-refractivity contribution in [3.8, 4) is 0 Å². The van der Waals surface area contributed by atoms with E-state index in [0.717, 1.165) is 21.7 Å². The summed E-state index contributed by atoms with van der Waals surface area (Å²) in [4.78, 5) is 71.5. The number of carboxylic acid groups (broad SMARTS) is 1. The van der Waals surface area contributed by atoms with Gasteiger partial charge in [-0.15, -0.1) is 0 Å². The SMILES string of the molecule is O=C(O)c1ccc[n+]([C@@H]2O[C@H](COP(=O)([O-])OP(=O)([O-])OC[C@H]3O[C@@H](n4cnc5c4ncn4ccnc54)[C@H](OP(=O)([O-])[O-])[C@@H]3O)[C@@H](O)[C@H]2O)c1.[Na+].[Na+].[Na+].[Na+]. The van der Waals surface area contributed by atoms with Gasteiger partial charge in [-0.1, -0.05) is 0 Å². The third-order valence-corrected chi connectivity index (χ3v) is 10.5. The molecule has 4 aromatic heterocycles. The molecule has 0 aromatic carbocycles. The topological polar surface area (TPSA) is 349 Å². The van der Waals surface area contributed by atoms with Crippen LogP contribution in [0, 0.1) is 0 Å². The van der Waals surface area contributed by atoms with Gasteiger partial charge in [0.25, 0.3) is 21.9 Å². The van der Waals surface area contributed by atoms with Crippen LogP contribution in [0.5, 0.6) is 0 Å². The molecule has 2 fully saturated rings. The molecule has 2 aliphatic rings. The zero-order chi connectivity index (χ0) is 36.2. The van der Waals surface area contributed by atoms with Crippen molar-refractivity contribution in [2.75, 3.05) is 13.2 Å². The van der Waals surface area contributed by atoms with Crippen LogP contribution in [-0.4, -0.2) is 100 Å². The van der Waals surface area contributed by atoms with E-state index in [1.54, 1.807) is 6.20 Å². The number of aromatic nitrogens is 6. The third kappa shape index (κ3) is 11.8. The first-order chi connectivity index (χ1) is 23.4. The molecule has 0 saturated carbocycles. The molecule has 54 heavy (non-hydrogen) atoms. The number of phosphoric ester groups is 3. The fourth-order valence-corrected chi connectivity index (χ4v) is 7.81. The van der Waals surface area contributed by atoms with Crippen molar-refractivity contribution in [1.82, 2.24) is 23.9 Å². The number of nitrogens with zero attached hydrogens (tertiary/aromatic N) is 6. The monoisotopic (exact) mass is 857 g/mol. The molecule has 272 valence electrons. The Morgan fingerprint density at radius 2 is 1.50 bits per heavy atom. The van der Waals surface area contributed by atoms with Gasteiger partial charge in [0.15, 0.2) is 41.5 Å². The summed E-state index contributed by atoms with van der Waals surface area (Å²) in [7, 11) is -17.5. The first-order valence-corrected chi connectivity index (χ1v) is 18.4. The van der Waals surface area contributed by atoms with E-state index >= 15 is 0 Å². The van der Waals surface area contributed by atoms with Crippen LogP contribution in [0.4, 0.5) is 0 Å². The minimum atomic E-state index is -5.87. The molecule has 2 saturated heterocycles. The normalized spacial score (nSPS) is 27.5. The molecule has 0 radical (unpaired) electrons. The molecule has 4 N–H and O–H groups in total. The maximum Gasteiger partial charge on any atom is 1.00 e. The van der Waals surface area contributed by atoms with E-state index in [-0.39, 0.29) is 135 Å². The van der Waals surface area contributed by atoms with Gasteiger partial charge < -0.3 is 67.6 Å². The van der Waals surface area contributed by atoms with Crippen LogP contribution in [0.2, 0.25) is 0 Å². The third-order valence-electron chi connectivity index (χ3n) is 7.48. The number of aliphatic hydroxyl groups is 3. The predicted octanol–water partition coefficient (Wildman–Crippen LogP) is -16.1. The molecule has 0 amide bonds. The van der Waals surface area contributed by atoms with Crippen LogP contribution in [-0.2, 0) is 41.1 Å². The largest absolute Gasteiger partial charge is 1.00 e. The van der Waals surface area contributed by atoms with E-state index in [1.165, 1.54) is 35.3 Å². The maximum atomic E-state index is 12.5. The number of phosphoric acid groups is 3. The summed E-state index contributed by atoms with van der Waals surface area (Å²) >= 11 is 0. The number of aliphatic hydroxyl groups excluding tert-OH is 3. The van der Waals surface area contributed by atoms with Gasteiger partial charge in [-0.05, 0) is 6.07 Å². The number of carboxylic acids is 1. The Bertz CT molecular complexity index is 2060. The van der Waals surface area contributed by atoms with Gasteiger partial charge in [-0.25, -0.2) is 24.1 Å². The number of hydrogen-bond acceptors (Lipinski definition) is 20. The van der Waals surface area contributed by atoms with Crippen LogP contribution in [0.1, 0.15) is 22.8 Å². The van der Waals surface area contributed by atoms with Crippen molar-refractivity contribution in [2.24, 2.45) is 0 Å². The fraction of sp³-hybridized carbons (Fsp3) is 0.435. The van der Waals surface area contributed by atoms with Crippen LogP contribution in [0.15, 0.2) is 49.6 Å². The molecule has 0 spiro atoms. The maximum absolute atomic E-state index is 12.5. The van der Waals surface area contributed by atoms with Gasteiger partial charge in [0.2, 0.25) is 0 Å². The second kappa shape index (κ2) is 20.4. The van der Waals surface area contributed by atoms with Gasteiger partial charge in [-0.3, -0.25) is 18.1 Å². The minimum absolute atomic E-state index is 0. The minimum Gasteiger partial charge on any atom is -0.790 e. The number of ether oxygens (including phenoxy) is 2. The average molecular weight is 857 g/mol. The van der Waals surface area contributed by atoms with Gasteiger partial charge in [0.05, 0.1) is 27.4 Å². The number of aromatic carboxylic acids is 1. The Kier molecular flexibility index (Phi) is 19.3. The Morgan fingerprint density at radius 3 is 2.11 bits per heavy atom. The average Bonchev–Trinajstić information content (AvgIpc) is 3.80. The quantitative estimate of drug-likeness (QED) is 0.0551. The van der Waals surface area contributed by atoms with E-state index in [2.05, 4.69) is 32.8 Å². The molecule has 6 heterocycles. The Balaban J connectivity index is 0.00000252. The molecule has 2 unspecified atom stereocenters. The van der Waals surface area contributed by atoms with Crippen molar-refractivity contribution in [3.05, 3.63) is 55.1 Å². The van der Waals surface area contributed by atoms with E-state index in [0.29, 0.717) is 5.65 Å². The number of rotatable bonds is 13. The summed E-state index contributed by atoms with van der Waals surface area (Å²) in [5.74, 6) is -1.31. The molecule has 24 nitrogen and oxygen atoms in total. The van der Waals surface area contributed by atoms with Crippen LogP contribution < -0.4 is 142 Å². The summed E-state index contributed by atoms with van der Waals surface area (Å²) in [6.45, 7) is -2.28. The van der Waals surface area contributed by atoms with Gasteiger partial charge in [-0.2, -0.15) is 4.57 Å². The van der Waals surface area contributed by atoms with E-state index in [9.17, 15) is 58.5 Å². The molecule has 0 aliphatic carbocycles. The predicted molar refractivity (Wildman–Crippen MR) is 146 cm³/mol. The second-order valence-electron chi connectivity index (χ2n) is 10.8. The van der Waals surface area contributed by atoms with Crippen molar-refractivity contribution < 1.29 is 209 Å². The zero-order valence-corrected chi connectivity index (χ0v) is 39.4. The van der Waals surface area contributed by atoms with Crippen LogP contribution in [0.3, 0.4) is 0 Å². The summed E-state index contributed by atoms with van der Waals surface area (Å²) in [5.41, 5.74) is 0.352. The Labute approximate surface area is 391 Å². The van der Waals surface area contributed by atoms with Crippen molar-refractivity contribution in [2.45, 2.75) is 49.1 Å². The van der Waals surface area contributed by atoms with Crippen molar-refractivity contribution in [1.29, 1.82) is 0 Å². The first-order valence-electron chi connectivity index (χ1n) is 14.0. The molecule has 2 aliphatic heterocycles. The Morgan fingerprint density at radius 1 is 0.870 bits per heavy atom. The smallest absolute Gasteiger partial charge is 0.790 e. The summed E-state index contributed by atoms with van der Waals surface area (Å²) in [5, 5.41) is 40.6. The van der Waals surface area contributed by atoms with E-state index < -0.39 is 91.7 Å². The van der Waals surface area contributed by atoms with Crippen molar-refractivity contribution >= 4 is 46.2 Å². The molecule has 6 rings (SSSR count). The summed E-state index contributed by atoms with van der Waals surface area (Å²) < 4.78 is 68.6. The van der Waals surface area contributed by atoms with Gasteiger partial charge in [0, 0.05) is 18.5 Å². The number of imidazole rings is 2. The molecular formula is C23H24N6Na4O18P3+. The molecule has 4 aromatic rings. The number of fused-ring (bicyclic) bond motifs is 3. The molecular weight excluding hydrogens is 833 g/mol. The van der Waals surface area contributed by atoms with Crippen molar-refractivity contribution in [3.63, 3.8) is 0 Å². The molecule has 31 heteroatoms. The van der Waals surface area contributed by atoms with E-state index in [4.69, 9.17) is 9.47 Å². The molecule has 10 atom stereocenters. The second-order valence-corrected chi connectivity index (χ2v) is 14.8. The van der Waals surface area contributed by atoms with Gasteiger partial charge in [0.1, 0.15) is 42.4 Å². The first kappa shape index (κ1) is 51.0. The number of carbonyl (C=O) groups is 1. The molecule has 0 bridgehead atoms. The van der Waals surface area contributed by atoms with Crippen LogP contribution in [0.25, 0.3) is 16.8 Å².